The van der Waals surface area contributed by atoms with E-state index >= 15 is 0 Å². The number of halogens is 1. The normalized spacial score (nSPS) is 15.1. The third-order valence-electron chi connectivity index (χ3n) is 3.35. The molecule has 2 atom stereocenters. The van der Waals surface area contributed by atoms with Gasteiger partial charge in [-0.2, -0.15) is 16.9 Å². The molecule has 0 bridgehead atoms. The van der Waals surface area contributed by atoms with E-state index in [1.54, 1.807) is 0 Å². The monoisotopic (exact) mass is 300 g/mol. The molecule has 2 unspecified atom stereocenters. The molecule has 6 heteroatoms. The van der Waals surface area contributed by atoms with Gasteiger partial charge >= 0.3 is 0 Å². The number of aryl methyl sites for hydroxylation is 2. The van der Waals surface area contributed by atoms with E-state index in [1.807, 2.05) is 30.4 Å². The SMILES string of the molecule is CCc1nn(C)c2c1nc(C(C)Cl)n2CC(C)SC. The Morgan fingerprint density at radius 3 is 2.58 bits per heavy atom. The fourth-order valence-electron chi connectivity index (χ4n) is 2.31. The number of hydrogen-bond acceptors (Lipinski definition) is 3. The molecule has 2 aromatic heterocycles. The third-order valence-corrected chi connectivity index (χ3v) is 4.50. The van der Waals surface area contributed by atoms with Crippen molar-refractivity contribution in [3.05, 3.63) is 11.5 Å². The maximum atomic E-state index is 6.29. The molecule has 0 aliphatic rings. The van der Waals surface area contributed by atoms with Gasteiger partial charge in [-0.1, -0.05) is 13.8 Å². The van der Waals surface area contributed by atoms with Gasteiger partial charge in [0.15, 0.2) is 5.65 Å². The molecule has 4 nitrogen and oxygen atoms in total. The Hall–Kier alpha value is -0.680. The highest BCUT2D eigenvalue weighted by atomic mass is 35.5. The van der Waals surface area contributed by atoms with Crippen LogP contribution in [0.1, 0.15) is 37.7 Å². The lowest BCUT2D eigenvalue weighted by Crippen LogP contribution is -2.14. The van der Waals surface area contributed by atoms with Crippen molar-refractivity contribution in [2.45, 2.75) is 44.4 Å². The minimum atomic E-state index is -0.0915. The molecule has 106 valence electrons. The van der Waals surface area contributed by atoms with Crippen LogP contribution in [-0.4, -0.2) is 30.8 Å². The van der Waals surface area contributed by atoms with Crippen LogP contribution in [0.25, 0.3) is 11.2 Å². The maximum Gasteiger partial charge on any atom is 0.158 e. The average molecular weight is 301 g/mol. The highest BCUT2D eigenvalue weighted by Gasteiger charge is 2.21. The molecule has 0 radical (unpaired) electrons. The standard InChI is InChI=1S/C13H21ClN4S/c1-6-10-11-13(17(4)16-10)18(7-8(2)19-5)12(15-11)9(3)14/h8-9H,6-7H2,1-5H3. The minimum Gasteiger partial charge on any atom is -0.311 e. The molecule has 0 fully saturated rings. The number of alkyl halides is 1. The fourth-order valence-corrected chi connectivity index (χ4v) is 2.78. The summed E-state index contributed by atoms with van der Waals surface area (Å²) in [5.41, 5.74) is 3.13. The van der Waals surface area contributed by atoms with Crippen molar-refractivity contribution < 1.29 is 0 Å². The van der Waals surface area contributed by atoms with Crippen molar-refractivity contribution in [3.8, 4) is 0 Å². The van der Waals surface area contributed by atoms with Gasteiger partial charge in [-0.25, -0.2) is 4.98 Å². The summed E-state index contributed by atoms with van der Waals surface area (Å²) in [5, 5.41) is 4.97. The molecule has 2 heterocycles. The van der Waals surface area contributed by atoms with Crippen LogP contribution in [0.15, 0.2) is 0 Å². The van der Waals surface area contributed by atoms with E-state index in [0.29, 0.717) is 5.25 Å². The van der Waals surface area contributed by atoms with Gasteiger partial charge in [-0.15, -0.1) is 11.6 Å². The van der Waals surface area contributed by atoms with Gasteiger partial charge in [0, 0.05) is 18.8 Å². The Labute approximate surface area is 123 Å². The van der Waals surface area contributed by atoms with Crippen LogP contribution in [0.3, 0.4) is 0 Å². The summed E-state index contributed by atoms with van der Waals surface area (Å²) < 4.78 is 4.15. The van der Waals surface area contributed by atoms with Gasteiger partial charge in [0.1, 0.15) is 11.3 Å². The van der Waals surface area contributed by atoms with Gasteiger partial charge in [-0.3, -0.25) is 4.68 Å². The Morgan fingerprint density at radius 1 is 1.37 bits per heavy atom. The van der Waals surface area contributed by atoms with Gasteiger partial charge in [0.05, 0.1) is 11.1 Å². The van der Waals surface area contributed by atoms with E-state index in [-0.39, 0.29) is 5.38 Å². The van der Waals surface area contributed by atoms with E-state index in [2.05, 4.69) is 29.8 Å². The second-order valence-electron chi connectivity index (χ2n) is 4.84. The summed E-state index contributed by atoms with van der Waals surface area (Å²) in [5.74, 6) is 0.945. The molecule has 0 aliphatic heterocycles. The van der Waals surface area contributed by atoms with Gasteiger partial charge in [-0.05, 0) is 19.6 Å². The summed E-state index contributed by atoms with van der Waals surface area (Å²) in [4.78, 5) is 4.73. The van der Waals surface area contributed by atoms with Crippen molar-refractivity contribution in [3.63, 3.8) is 0 Å². The Balaban J connectivity index is 2.62. The summed E-state index contributed by atoms with van der Waals surface area (Å²) in [6.45, 7) is 7.21. The van der Waals surface area contributed by atoms with E-state index < -0.39 is 0 Å². The Kier molecular flexibility index (Phi) is 4.46. The molecule has 19 heavy (non-hydrogen) atoms. The van der Waals surface area contributed by atoms with Crippen molar-refractivity contribution in [1.82, 2.24) is 19.3 Å². The summed E-state index contributed by atoms with van der Waals surface area (Å²) in [7, 11) is 1.98. The second kappa shape index (κ2) is 5.75. The van der Waals surface area contributed by atoms with Crippen LogP contribution < -0.4 is 0 Å². The molecule has 0 N–H and O–H groups in total. The predicted octanol–water partition coefficient (Wildman–Crippen LogP) is 3.38. The van der Waals surface area contributed by atoms with Crippen molar-refractivity contribution in [2.75, 3.05) is 6.26 Å². The predicted molar refractivity (Wildman–Crippen MR) is 83.1 cm³/mol. The molecule has 0 spiro atoms. The lowest BCUT2D eigenvalue weighted by atomic mass is 10.3. The molecule has 2 rings (SSSR count). The first kappa shape index (κ1) is 14.7. The summed E-state index contributed by atoms with van der Waals surface area (Å²) in [6, 6.07) is 0. The number of rotatable bonds is 5. The second-order valence-corrected chi connectivity index (χ2v) is 6.77. The van der Waals surface area contributed by atoms with Gasteiger partial charge in [0.25, 0.3) is 0 Å². The smallest absolute Gasteiger partial charge is 0.158 e. The van der Waals surface area contributed by atoms with Gasteiger partial charge < -0.3 is 4.57 Å². The zero-order valence-electron chi connectivity index (χ0n) is 12.1. The van der Waals surface area contributed by atoms with E-state index in [4.69, 9.17) is 16.6 Å². The fraction of sp³-hybridized carbons (Fsp3) is 0.692. The molecule has 0 amide bonds. The highest BCUT2D eigenvalue weighted by Crippen LogP contribution is 2.27. The topological polar surface area (TPSA) is 35.6 Å². The van der Waals surface area contributed by atoms with Crippen LogP contribution >= 0.6 is 23.4 Å². The molecule has 0 aromatic carbocycles. The first-order chi connectivity index (χ1) is 8.99. The first-order valence-electron chi connectivity index (χ1n) is 6.58. The lowest BCUT2D eigenvalue weighted by Gasteiger charge is -2.14. The van der Waals surface area contributed by atoms with E-state index in [9.17, 15) is 0 Å². The number of thioether (sulfide) groups is 1. The highest BCUT2D eigenvalue weighted by molar-refractivity contribution is 7.99. The van der Waals surface area contributed by atoms with Crippen molar-refractivity contribution >= 4 is 34.5 Å². The Morgan fingerprint density at radius 2 is 2.05 bits per heavy atom. The lowest BCUT2D eigenvalue weighted by molar-refractivity contribution is 0.634. The van der Waals surface area contributed by atoms with Gasteiger partial charge in [0.2, 0.25) is 0 Å². The maximum absolute atomic E-state index is 6.29. The molecule has 2 aromatic rings. The number of fused-ring (bicyclic) bond motifs is 1. The number of nitrogens with zero attached hydrogens (tertiary/aromatic N) is 4. The minimum absolute atomic E-state index is 0.0915. The Bertz CT molecular complexity index is 573. The number of hydrogen-bond donors (Lipinski definition) is 0. The van der Waals surface area contributed by atoms with Crippen LogP contribution in [0.5, 0.6) is 0 Å². The number of imidazole rings is 1. The van der Waals surface area contributed by atoms with Crippen molar-refractivity contribution in [2.24, 2.45) is 7.05 Å². The zero-order chi connectivity index (χ0) is 14.2. The van der Waals surface area contributed by atoms with E-state index in [0.717, 1.165) is 35.6 Å². The largest absolute Gasteiger partial charge is 0.311 e. The van der Waals surface area contributed by atoms with Crippen LogP contribution in [0.4, 0.5) is 0 Å². The molecule has 0 saturated carbocycles. The quantitative estimate of drug-likeness (QED) is 0.794. The van der Waals surface area contributed by atoms with Crippen molar-refractivity contribution in [1.29, 1.82) is 0 Å². The van der Waals surface area contributed by atoms with Crippen LogP contribution in [0, 0.1) is 0 Å². The number of aromatic nitrogens is 4. The molecule has 0 aliphatic carbocycles. The summed E-state index contributed by atoms with van der Waals surface area (Å²) >= 11 is 8.14. The first-order valence-corrected chi connectivity index (χ1v) is 8.30. The third kappa shape index (κ3) is 2.63. The molecule has 0 saturated heterocycles. The molecular weight excluding hydrogens is 280 g/mol. The van der Waals surface area contributed by atoms with E-state index in [1.165, 1.54) is 0 Å². The zero-order valence-corrected chi connectivity index (χ0v) is 13.7. The molecular formula is C13H21ClN4S. The van der Waals surface area contributed by atoms with Crippen LogP contribution in [-0.2, 0) is 20.0 Å². The van der Waals surface area contributed by atoms with Crippen LogP contribution in [0.2, 0.25) is 0 Å². The average Bonchev–Trinajstić information content (AvgIpc) is 2.88. The summed E-state index contributed by atoms with van der Waals surface area (Å²) in [6.07, 6.45) is 3.02.